The third-order valence-electron chi connectivity index (χ3n) is 5.55. The Morgan fingerprint density at radius 1 is 1.24 bits per heavy atom. The Morgan fingerprint density at radius 2 is 2.09 bits per heavy atom. The van der Waals surface area contributed by atoms with Crippen LogP contribution in [0.3, 0.4) is 0 Å². The predicted molar refractivity (Wildman–Crippen MR) is 121 cm³/mol. The standard InChI is InChI=1S/C23H27N7O3/c1-15(2)30-14-25-28-22(30)18-5-4-6-20(26-18)27-23(32)19-11-17-13-29(21(31)8-10-33-3)9-7-16(17)12-24-19/h4-6,11-12,14-15H,7-10,13H2,1-3H3,(H,26,27,32). The number of nitrogens with zero attached hydrogens (tertiary/aromatic N) is 6. The van der Waals surface area contributed by atoms with Gasteiger partial charge in [-0.1, -0.05) is 6.07 Å². The van der Waals surface area contributed by atoms with Crippen LogP contribution in [0.25, 0.3) is 11.5 Å². The number of amides is 2. The van der Waals surface area contributed by atoms with Gasteiger partial charge in [0.1, 0.15) is 23.5 Å². The van der Waals surface area contributed by atoms with Crippen LogP contribution < -0.4 is 5.32 Å². The number of ether oxygens (including phenoxy) is 1. The summed E-state index contributed by atoms with van der Waals surface area (Å²) in [5.41, 5.74) is 2.87. The number of aromatic nitrogens is 5. The van der Waals surface area contributed by atoms with Crippen molar-refractivity contribution in [2.75, 3.05) is 25.6 Å². The lowest BCUT2D eigenvalue weighted by atomic mass is 10.0. The van der Waals surface area contributed by atoms with Crippen molar-refractivity contribution in [3.8, 4) is 11.5 Å². The summed E-state index contributed by atoms with van der Waals surface area (Å²) in [6.07, 6.45) is 4.43. The number of pyridine rings is 2. The molecule has 1 aliphatic heterocycles. The molecular formula is C23H27N7O3. The van der Waals surface area contributed by atoms with Crippen LogP contribution >= 0.6 is 0 Å². The molecule has 10 nitrogen and oxygen atoms in total. The molecule has 1 aliphatic rings. The molecule has 0 radical (unpaired) electrons. The summed E-state index contributed by atoms with van der Waals surface area (Å²) in [6, 6.07) is 7.27. The zero-order chi connectivity index (χ0) is 23.4. The highest BCUT2D eigenvalue weighted by Crippen LogP contribution is 2.22. The second-order valence-electron chi connectivity index (χ2n) is 8.16. The molecule has 0 aliphatic carbocycles. The van der Waals surface area contributed by atoms with Gasteiger partial charge >= 0.3 is 0 Å². The number of nitrogens with one attached hydrogen (secondary N) is 1. The smallest absolute Gasteiger partial charge is 0.275 e. The molecule has 4 heterocycles. The number of hydrogen-bond acceptors (Lipinski definition) is 7. The number of rotatable bonds is 7. The molecule has 3 aromatic heterocycles. The van der Waals surface area contributed by atoms with Crippen molar-refractivity contribution in [1.82, 2.24) is 29.6 Å². The number of anilines is 1. The maximum atomic E-state index is 12.9. The van der Waals surface area contributed by atoms with E-state index in [-0.39, 0.29) is 23.6 Å². The predicted octanol–water partition coefficient (Wildman–Crippen LogP) is 2.49. The van der Waals surface area contributed by atoms with E-state index in [1.165, 1.54) is 0 Å². The fourth-order valence-corrected chi connectivity index (χ4v) is 3.74. The quantitative estimate of drug-likeness (QED) is 0.589. The van der Waals surface area contributed by atoms with E-state index in [0.717, 1.165) is 11.1 Å². The van der Waals surface area contributed by atoms with Crippen LogP contribution in [-0.2, 0) is 22.5 Å². The van der Waals surface area contributed by atoms with Crippen molar-refractivity contribution in [2.24, 2.45) is 0 Å². The lowest BCUT2D eigenvalue weighted by Gasteiger charge is -2.29. The van der Waals surface area contributed by atoms with Crippen LogP contribution in [0, 0.1) is 0 Å². The van der Waals surface area contributed by atoms with Crippen molar-refractivity contribution >= 4 is 17.6 Å². The van der Waals surface area contributed by atoms with Gasteiger partial charge in [0.25, 0.3) is 5.91 Å². The molecular weight excluding hydrogens is 422 g/mol. The molecule has 1 N–H and O–H groups in total. The zero-order valence-electron chi connectivity index (χ0n) is 19.0. The molecule has 3 aromatic rings. The Balaban J connectivity index is 1.49. The summed E-state index contributed by atoms with van der Waals surface area (Å²) >= 11 is 0. The van der Waals surface area contributed by atoms with Gasteiger partial charge in [0.05, 0.1) is 13.0 Å². The minimum Gasteiger partial charge on any atom is -0.384 e. The van der Waals surface area contributed by atoms with Gasteiger partial charge in [0.15, 0.2) is 5.82 Å². The van der Waals surface area contributed by atoms with Gasteiger partial charge < -0.3 is 19.5 Å². The lowest BCUT2D eigenvalue weighted by Crippen LogP contribution is -2.36. The van der Waals surface area contributed by atoms with Crippen LogP contribution in [0.4, 0.5) is 5.82 Å². The van der Waals surface area contributed by atoms with Crippen LogP contribution in [0.1, 0.15) is 47.9 Å². The summed E-state index contributed by atoms with van der Waals surface area (Å²) in [4.78, 5) is 35.9. The highest BCUT2D eigenvalue weighted by molar-refractivity contribution is 6.02. The van der Waals surface area contributed by atoms with Gasteiger partial charge in [-0.05, 0) is 49.6 Å². The minimum atomic E-state index is -0.365. The van der Waals surface area contributed by atoms with Crippen LogP contribution in [0.5, 0.6) is 0 Å². The molecule has 4 rings (SSSR count). The molecule has 172 valence electrons. The van der Waals surface area contributed by atoms with Gasteiger partial charge in [-0.2, -0.15) is 0 Å². The van der Waals surface area contributed by atoms with Crippen molar-refractivity contribution in [1.29, 1.82) is 0 Å². The van der Waals surface area contributed by atoms with Gasteiger partial charge in [-0.25, -0.2) is 4.98 Å². The van der Waals surface area contributed by atoms with Gasteiger partial charge in [0.2, 0.25) is 5.91 Å². The van der Waals surface area contributed by atoms with Crippen LogP contribution in [-0.4, -0.2) is 61.7 Å². The average molecular weight is 450 g/mol. The van der Waals surface area contributed by atoms with E-state index < -0.39 is 0 Å². The number of carbonyl (C=O) groups is 2. The molecule has 0 spiro atoms. The van der Waals surface area contributed by atoms with Crippen molar-refractivity contribution < 1.29 is 14.3 Å². The maximum Gasteiger partial charge on any atom is 0.275 e. The molecule has 0 fully saturated rings. The van der Waals surface area contributed by atoms with E-state index in [1.54, 1.807) is 42.7 Å². The Kier molecular flexibility index (Phi) is 6.74. The van der Waals surface area contributed by atoms with E-state index in [1.807, 2.05) is 24.5 Å². The van der Waals surface area contributed by atoms with Gasteiger partial charge in [-0.3, -0.25) is 14.6 Å². The Hall–Kier alpha value is -3.66. The van der Waals surface area contributed by atoms with Gasteiger partial charge in [0, 0.05) is 32.4 Å². The van der Waals surface area contributed by atoms with Crippen molar-refractivity contribution in [3.63, 3.8) is 0 Å². The molecule has 0 saturated heterocycles. The molecule has 0 unspecified atom stereocenters. The van der Waals surface area contributed by atoms with E-state index in [9.17, 15) is 9.59 Å². The molecule has 0 saturated carbocycles. The van der Waals surface area contributed by atoms with Crippen LogP contribution in [0.2, 0.25) is 0 Å². The second kappa shape index (κ2) is 9.86. The van der Waals surface area contributed by atoms with E-state index in [4.69, 9.17) is 4.74 Å². The van der Waals surface area contributed by atoms with Gasteiger partial charge in [-0.15, -0.1) is 10.2 Å². The van der Waals surface area contributed by atoms with Crippen LogP contribution in [0.15, 0.2) is 36.8 Å². The first kappa shape index (κ1) is 22.5. The molecule has 10 heteroatoms. The zero-order valence-corrected chi connectivity index (χ0v) is 19.0. The molecule has 33 heavy (non-hydrogen) atoms. The molecule has 0 aromatic carbocycles. The van der Waals surface area contributed by atoms with E-state index in [0.29, 0.717) is 49.9 Å². The number of hydrogen-bond donors (Lipinski definition) is 1. The summed E-state index contributed by atoms with van der Waals surface area (Å²) in [5.74, 6) is 0.703. The average Bonchev–Trinajstić information content (AvgIpc) is 3.32. The normalized spacial score (nSPS) is 13.2. The topological polar surface area (TPSA) is 115 Å². The SMILES string of the molecule is COCCC(=O)N1CCc2cnc(C(=O)Nc3cccc(-c4nncn4C(C)C)n3)cc2C1. The first-order chi connectivity index (χ1) is 16.0. The summed E-state index contributed by atoms with van der Waals surface area (Å²) < 4.78 is 6.92. The van der Waals surface area contributed by atoms with E-state index in [2.05, 4.69) is 25.5 Å². The van der Waals surface area contributed by atoms with E-state index >= 15 is 0 Å². The second-order valence-corrected chi connectivity index (χ2v) is 8.16. The largest absolute Gasteiger partial charge is 0.384 e. The summed E-state index contributed by atoms with van der Waals surface area (Å²) in [7, 11) is 1.58. The fraction of sp³-hybridized carbons (Fsp3) is 0.391. The number of methoxy groups -OCH3 is 1. The monoisotopic (exact) mass is 449 g/mol. The molecule has 2 amide bonds. The molecule has 0 atom stereocenters. The Morgan fingerprint density at radius 3 is 2.88 bits per heavy atom. The Bertz CT molecular complexity index is 1160. The summed E-state index contributed by atoms with van der Waals surface area (Å²) in [5, 5.41) is 10.9. The first-order valence-electron chi connectivity index (χ1n) is 10.9. The van der Waals surface area contributed by atoms with Crippen molar-refractivity contribution in [2.45, 2.75) is 39.3 Å². The highest BCUT2D eigenvalue weighted by Gasteiger charge is 2.22. The fourth-order valence-electron chi connectivity index (χ4n) is 3.74. The highest BCUT2D eigenvalue weighted by atomic mass is 16.5. The number of carbonyl (C=O) groups excluding carboxylic acids is 2. The first-order valence-corrected chi connectivity index (χ1v) is 10.9. The van der Waals surface area contributed by atoms with Crippen molar-refractivity contribution in [3.05, 3.63) is 53.6 Å². The summed E-state index contributed by atoms with van der Waals surface area (Å²) in [6.45, 7) is 5.56. The minimum absolute atomic E-state index is 0.0422. The third kappa shape index (κ3) is 5.06. The molecule has 0 bridgehead atoms. The third-order valence-corrected chi connectivity index (χ3v) is 5.55. The lowest BCUT2D eigenvalue weighted by molar-refractivity contribution is -0.133. The maximum absolute atomic E-state index is 12.9. The Labute approximate surface area is 192 Å². The number of fused-ring (bicyclic) bond motifs is 1.